The van der Waals surface area contributed by atoms with E-state index < -0.39 is 10.9 Å². The molecule has 0 amide bonds. The first kappa shape index (κ1) is 14.4. The predicted octanol–water partition coefficient (Wildman–Crippen LogP) is 1.86. The number of hydrogen-bond donors (Lipinski definition) is 2. The van der Waals surface area contributed by atoms with Gasteiger partial charge in [0.25, 0.3) is 5.69 Å². The van der Waals surface area contributed by atoms with Gasteiger partial charge in [-0.2, -0.15) is 0 Å². The molecule has 8 nitrogen and oxygen atoms in total. The van der Waals surface area contributed by atoms with Crippen molar-refractivity contribution in [2.75, 3.05) is 11.9 Å². The fourth-order valence-electron chi connectivity index (χ4n) is 1.70. The second-order valence-corrected chi connectivity index (χ2v) is 4.27. The lowest BCUT2D eigenvalue weighted by atomic mass is 10.1. The summed E-state index contributed by atoms with van der Waals surface area (Å²) in [7, 11) is 0. The molecule has 0 aliphatic rings. The largest absolute Gasteiger partial charge is 0.480 e. The number of rotatable bonds is 5. The van der Waals surface area contributed by atoms with Crippen LogP contribution in [0.4, 0.5) is 11.6 Å². The van der Waals surface area contributed by atoms with Gasteiger partial charge in [-0.05, 0) is 25.1 Å². The summed E-state index contributed by atoms with van der Waals surface area (Å²) in [4.78, 5) is 29.0. The van der Waals surface area contributed by atoms with Gasteiger partial charge in [-0.3, -0.25) is 14.9 Å². The number of aryl methyl sites for hydroxylation is 1. The van der Waals surface area contributed by atoms with E-state index in [4.69, 9.17) is 5.11 Å². The highest BCUT2D eigenvalue weighted by molar-refractivity contribution is 5.72. The molecule has 0 aliphatic heterocycles. The molecule has 8 heteroatoms. The highest BCUT2D eigenvalue weighted by atomic mass is 16.6. The Kier molecular flexibility index (Phi) is 4.07. The van der Waals surface area contributed by atoms with E-state index in [0.29, 0.717) is 17.0 Å². The summed E-state index contributed by atoms with van der Waals surface area (Å²) in [6.07, 6.45) is 0. The molecule has 108 valence electrons. The molecular weight excluding hydrogens is 276 g/mol. The number of aliphatic carboxylic acids is 1. The smallest absolute Gasteiger partial charge is 0.322 e. The number of aromatic nitrogens is 2. The first-order valence-corrected chi connectivity index (χ1v) is 6.02. The van der Waals surface area contributed by atoms with Gasteiger partial charge in [-0.25, -0.2) is 9.97 Å². The minimum Gasteiger partial charge on any atom is -0.480 e. The molecule has 0 saturated heterocycles. The first-order chi connectivity index (χ1) is 9.95. The molecule has 0 spiro atoms. The van der Waals surface area contributed by atoms with Crippen molar-refractivity contribution >= 4 is 17.6 Å². The van der Waals surface area contributed by atoms with Crippen LogP contribution in [0.25, 0.3) is 11.3 Å². The molecular formula is C13H12N4O4. The monoisotopic (exact) mass is 288 g/mol. The van der Waals surface area contributed by atoms with Crippen LogP contribution in [0.3, 0.4) is 0 Å². The second kappa shape index (κ2) is 5.95. The van der Waals surface area contributed by atoms with Crippen molar-refractivity contribution < 1.29 is 14.8 Å². The van der Waals surface area contributed by atoms with Crippen LogP contribution >= 0.6 is 0 Å². The highest BCUT2D eigenvalue weighted by Crippen LogP contribution is 2.22. The van der Waals surface area contributed by atoms with Crippen molar-refractivity contribution in [3.63, 3.8) is 0 Å². The lowest BCUT2D eigenvalue weighted by molar-refractivity contribution is -0.384. The molecule has 0 aliphatic carbocycles. The van der Waals surface area contributed by atoms with Crippen LogP contribution in [0.1, 0.15) is 5.69 Å². The zero-order valence-corrected chi connectivity index (χ0v) is 11.1. The van der Waals surface area contributed by atoms with Crippen LogP contribution < -0.4 is 5.32 Å². The molecule has 2 aromatic rings. The molecule has 0 fully saturated rings. The summed E-state index contributed by atoms with van der Waals surface area (Å²) < 4.78 is 0. The van der Waals surface area contributed by atoms with E-state index in [-0.39, 0.29) is 18.2 Å². The maximum atomic E-state index is 10.6. The number of non-ortho nitro benzene ring substituents is 1. The zero-order chi connectivity index (χ0) is 15.4. The van der Waals surface area contributed by atoms with Gasteiger partial charge >= 0.3 is 5.97 Å². The van der Waals surface area contributed by atoms with Crippen molar-refractivity contribution in [1.82, 2.24) is 9.97 Å². The molecule has 0 saturated carbocycles. The summed E-state index contributed by atoms with van der Waals surface area (Å²) in [6, 6.07) is 7.66. The average molecular weight is 288 g/mol. The van der Waals surface area contributed by atoms with E-state index >= 15 is 0 Å². The number of hydrogen-bond acceptors (Lipinski definition) is 6. The van der Waals surface area contributed by atoms with Crippen molar-refractivity contribution in [2.45, 2.75) is 6.92 Å². The number of nitrogens with zero attached hydrogens (tertiary/aromatic N) is 3. The van der Waals surface area contributed by atoms with Crippen LogP contribution in [0.2, 0.25) is 0 Å². The van der Waals surface area contributed by atoms with Crippen molar-refractivity contribution in [1.29, 1.82) is 0 Å². The SMILES string of the molecule is Cc1cc(-c2ccc([N+](=O)[O-])cc2)nc(NCC(=O)O)n1. The molecule has 0 bridgehead atoms. The van der Waals surface area contributed by atoms with E-state index in [1.807, 2.05) is 0 Å². The third-order valence-corrected chi connectivity index (χ3v) is 2.63. The Labute approximate surface area is 119 Å². The van der Waals surface area contributed by atoms with Gasteiger partial charge < -0.3 is 10.4 Å². The standard InChI is InChI=1S/C13H12N4O4/c1-8-6-11(16-13(15-8)14-7-12(18)19)9-2-4-10(5-3-9)17(20)21/h2-6H,7H2,1H3,(H,18,19)(H,14,15,16). The molecule has 1 heterocycles. The molecule has 1 aromatic heterocycles. The van der Waals surface area contributed by atoms with Gasteiger partial charge in [0.15, 0.2) is 0 Å². The first-order valence-electron chi connectivity index (χ1n) is 6.02. The quantitative estimate of drug-likeness (QED) is 0.636. The van der Waals surface area contributed by atoms with E-state index in [2.05, 4.69) is 15.3 Å². The van der Waals surface area contributed by atoms with Gasteiger partial charge in [-0.15, -0.1) is 0 Å². The number of benzene rings is 1. The van der Waals surface area contributed by atoms with Crippen LogP contribution in [0.5, 0.6) is 0 Å². The second-order valence-electron chi connectivity index (χ2n) is 4.27. The maximum Gasteiger partial charge on any atom is 0.322 e. The van der Waals surface area contributed by atoms with Crippen LogP contribution in [0.15, 0.2) is 30.3 Å². The molecule has 2 N–H and O–H groups in total. The number of nitro benzene ring substituents is 1. The van der Waals surface area contributed by atoms with Gasteiger partial charge in [0.05, 0.1) is 10.6 Å². The normalized spacial score (nSPS) is 10.1. The van der Waals surface area contributed by atoms with E-state index in [0.717, 1.165) is 0 Å². The number of anilines is 1. The summed E-state index contributed by atoms with van der Waals surface area (Å²) in [6.45, 7) is 1.46. The predicted molar refractivity (Wildman–Crippen MR) is 75.0 cm³/mol. The molecule has 1 aromatic carbocycles. The van der Waals surface area contributed by atoms with Gasteiger partial charge in [-0.1, -0.05) is 0 Å². The topological polar surface area (TPSA) is 118 Å². The Balaban J connectivity index is 2.30. The molecule has 0 atom stereocenters. The van der Waals surface area contributed by atoms with Gasteiger partial charge in [0.1, 0.15) is 6.54 Å². The Morgan fingerprint density at radius 1 is 1.33 bits per heavy atom. The molecule has 0 radical (unpaired) electrons. The van der Waals surface area contributed by atoms with Gasteiger partial charge in [0, 0.05) is 23.4 Å². The third kappa shape index (κ3) is 3.72. The number of carboxylic acid groups (broad SMARTS) is 1. The van der Waals surface area contributed by atoms with E-state index in [1.165, 1.54) is 12.1 Å². The van der Waals surface area contributed by atoms with Crippen LogP contribution in [-0.2, 0) is 4.79 Å². The van der Waals surface area contributed by atoms with Crippen LogP contribution in [-0.4, -0.2) is 32.5 Å². The van der Waals surface area contributed by atoms with Crippen molar-refractivity contribution in [3.8, 4) is 11.3 Å². The summed E-state index contributed by atoms with van der Waals surface area (Å²) in [5.74, 6) is -0.817. The molecule has 21 heavy (non-hydrogen) atoms. The van der Waals surface area contributed by atoms with E-state index in [1.54, 1.807) is 25.1 Å². The maximum absolute atomic E-state index is 10.6. The fraction of sp³-hybridized carbons (Fsp3) is 0.154. The summed E-state index contributed by atoms with van der Waals surface area (Å²) >= 11 is 0. The zero-order valence-electron chi connectivity index (χ0n) is 11.1. The Morgan fingerprint density at radius 2 is 2.00 bits per heavy atom. The molecule has 0 unspecified atom stereocenters. The Bertz CT molecular complexity index is 685. The minimum absolute atomic E-state index is 0.00578. The lowest BCUT2D eigenvalue weighted by Gasteiger charge is -2.06. The minimum atomic E-state index is -1.02. The average Bonchev–Trinajstić information content (AvgIpc) is 2.44. The van der Waals surface area contributed by atoms with Crippen molar-refractivity contribution in [3.05, 3.63) is 46.1 Å². The van der Waals surface area contributed by atoms with Crippen molar-refractivity contribution in [2.24, 2.45) is 0 Å². The number of nitro groups is 1. The third-order valence-electron chi connectivity index (χ3n) is 2.63. The summed E-state index contributed by atoms with van der Waals surface area (Å²) in [5.41, 5.74) is 1.90. The number of carboxylic acids is 1. The number of nitrogens with one attached hydrogen (secondary N) is 1. The fourth-order valence-corrected chi connectivity index (χ4v) is 1.70. The molecule has 2 rings (SSSR count). The summed E-state index contributed by atoms with van der Waals surface area (Å²) in [5, 5.41) is 21.8. The number of carbonyl (C=O) groups is 1. The Morgan fingerprint density at radius 3 is 2.57 bits per heavy atom. The lowest BCUT2D eigenvalue weighted by Crippen LogP contribution is -2.14. The Hall–Kier alpha value is -3.03. The van der Waals surface area contributed by atoms with E-state index in [9.17, 15) is 14.9 Å². The highest BCUT2D eigenvalue weighted by Gasteiger charge is 2.08. The van der Waals surface area contributed by atoms with Crippen LogP contribution in [0, 0.1) is 17.0 Å². The van der Waals surface area contributed by atoms with Gasteiger partial charge in [0.2, 0.25) is 5.95 Å².